The van der Waals surface area contributed by atoms with Gasteiger partial charge in [-0.1, -0.05) is 43.2 Å². The van der Waals surface area contributed by atoms with E-state index < -0.39 is 5.97 Å². The molecule has 0 aliphatic carbocycles. The van der Waals surface area contributed by atoms with E-state index in [-0.39, 0.29) is 18.8 Å². The van der Waals surface area contributed by atoms with Crippen LogP contribution in [0.4, 0.5) is 0 Å². The van der Waals surface area contributed by atoms with Crippen LogP contribution in [0.15, 0.2) is 29.2 Å². The van der Waals surface area contributed by atoms with Crippen molar-refractivity contribution in [3.8, 4) is 0 Å². The maximum Gasteiger partial charge on any atom is 0.313 e. The Hall–Kier alpha value is -1.55. The first-order valence-corrected chi connectivity index (χ1v) is 8.55. The largest absolute Gasteiger partial charge is 0.460 e. The van der Waals surface area contributed by atoms with Crippen molar-refractivity contribution in [2.75, 3.05) is 12.4 Å². The molecular formula is C18H24O3S. The molecule has 0 aromatic heterocycles. The molecule has 0 N–H and O–H groups in total. The van der Waals surface area contributed by atoms with E-state index in [0.717, 1.165) is 29.1 Å². The predicted molar refractivity (Wildman–Crippen MR) is 92.8 cm³/mol. The minimum absolute atomic E-state index is 0.155. The van der Waals surface area contributed by atoms with E-state index in [4.69, 9.17) is 4.74 Å². The van der Waals surface area contributed by atoms with E-state index in [9.17, 15) is 9.59 Å². The van der Waals surface area contributed by atoms with Gasteiger partial charge >= 0.3 is 5.97 Å². The molecule has 1 aromatic rings. The predicted octanol–water partition coefficient (Wildman–Crippen LogP) is 4.39. The normalized spacial score (nSPS) is 11.3. The second kappa shape index (κ2) is 10.2. The smallest absolute Gasteiger partial charge is 0.313 e. The van der Waals surface area contributed by atoms with Crippen LogP contribution in [0.25, 0.3) is 6.08 Å². The number of aryl methyl sites for hydroxylation is 1. The lowest BCUT2D eigenvalue weighted by atomic mass is 10.1. The zero-order chi connectivity index (χ0) is 16.4. The molecule has 0 bridgehead atoms. The van der Waals surface area contributed by atoms with E-state index >= 15 is 0 Å². The van der Waals surface area contributed by atoms with Gasteiger partial charge in [0.1, 0.15) is 18.8 Å². The van der Waals surface area contributed by atoms with Gasteiger partial charge in [0, 0.05) is 4.91 Å². The van der Waals surface area contributed by atoms with Crippen molar-refractivity contribution in [2.24, 2.45) is 0 Å². The number of esters is 1. The number of unbranched alkanes of at least 4 members (excludes halogenated alkanes) is 1. The SMILES string of the molecule is CCCCS/C(=C\c1ccc(C)cc1)COC(=O)CC(C)=O. The summed E-state index contributed by atoms with van der Waals surface area (Å²) in [5.41, 5.74) is 2.30. The summed E-state index contributed by atoms with van der Waals surface area (Å²) in [5.74, 6) is 0.365. The number of carbonyl (C=O) groups is 2. The van der Waals surface area contributed by atoms with Gasteiger partial charge in [0.05, 0.1) is 0 Å². The lowest BCUT2D eigenvalue weighted by Crippen LogP contribution is -2.10. The Balaban J connectivity index is 2.68. The first-order valence-electron chi connectivity index (χ1n) is 7.56. The third-order valence-corrected chi connectivity index (χ3v) is 4.06. The highest BCUT2D eigenvalue weighted by Gasteiger charge is 2.08. The maximum absolute atomic E-state index is 11.5. The molecule has 0 heterocycles. The molecule has 1 rings (SSSR count). The maximum atomic E-state index is 11.5. The number of ether oxygens (including phenoxy) is 1. The molecule has 3 nitrogen and oxygen atoms in total. The Morgan fingerprint density at radius 1 is 1.23 bits per heavy atom. The van der Waals surface area contributed by atoms with Gasteiger partial charge in [-0.3, -0.25) is 9.59 Å². The number of hydrogen-bond acceptors (Lipinski definition) is 4. The van der Waals surface area contributed by atoms with Gasteiger partial charge in [-0.15, -0.1) is 11.8 Å². The molecule has 120 valence electrons. The minimum atomic E-state index is -0.460. The number of thioether (sulfide) groups is 1. The first-order chi connectivity index (χ1) is 10.5. The monoisotopic (exact) mass is 320 g/mol. The molecule has 0 unspecified atom stereocenters. The second-order valence-electron chi connectivity index (χ2n) is 5.26. The zero-order valence-corrected chi connectivity index (χ0v) is 14.4. The minimum Gasteiger partial charge on any atom is -0.460 e. The fourth-order valence-electron chi connectivity index (χ4n) is 1.73. The van der Waals surface area contributed by atoms with Crippen LogP contribution in [0.3, 0.4) is 0 Å². The average molecular weight is 320 g/mol. The van der Waals surface area contributed by atoms with Crippen molar-refractivity contribution in [1.29, 1.82) is 0 Å². The molecule has 0 aliphatic rings. The van der Waals surface area contributed by atoms with Crippen LogP contribution in [-0.2, 0) is 14.3 Å². The molecule has 0 fully saturated rings. The summed E-state index contributed by atoms with van der Waals surface area (Å²) in [5, 5.41) is 0. The molecule has 0 spiro atoms. The van der Waals surface area contributed by atoms with Gasteiger partial charge in [-0.2, -0.15) is 0 Å². The van der Waals surface area contributed by atoms with Crippen molar-refractivity contribution < 1.29 is 14.3 Å². The quantitative estimate of drug-likeness (QED) is 0.384. The number of hydrogen-bond donors (Lipinski definition) is 0. The van der Waals surface area contributed by atoms with Crippen molar-refractivity contribution in [1.82, 2.24) is 0 Å². The van der Waals surface area contributed by atoms with E-state index in [1.54, 1.807) is 11.8 Å². The number of Topliss-reactive ketones (excluding diaryl/α,β-unsaturated/α-hetero) is 1. The Kier molecular flexibility index (Phi) is 8.60. The third-order valence-electron chi connectivity index (χ3n) is 2.96. The van der Waals surface area contributed by atoms with Gasteiger partial charge in [0.2, 0.25) is 0 Å². The highest BCUT2D eigenvalue weighted by molar-refractivity contribution is 8.03. The van der Waals surface area contributed by atoms with Gasteiger partial charge in [0.25, 0.3) is 0 Å². The molecule has 1 aromatic carbocycles. The first kappa shape index (κ1) is 18.5. The van der Waals surface area contributed by atoms with Crippen LogP contribution in [0.5, 0.6) is 0 Å². The lowest BCUT2D eigenvalue weighted by molar-refractivity contribution is -0.144. The second-order valence-corrected chi connectivity index (χ2v) is 6.48. The van der Waals surface area contributed by atoms with Gasteiger partial charge < -0.3 is 4.74 Å². The van der Waals surface area contributed by atoms with Crippen molar-refractivity contribution >= 4 is 29.6 Å². The summed E-state index contributed by atoms with van der Waals surface area (Å²) in [7, 11) is 0. The third kappa shape index (κ3) is 8.03. The fraction of sp³-hybridized carbons (Fsp3) is 0.444. The van der Waals surface area contributed by atoms with E-state index in [0.29, 0.717) is 0 Å². The molecule has 22 heavy (non-hydrogen) atoms. The number of rotatable bonds is 9. The van der Waals surface area contributed by atoms with Gasteiger partial charge in [-0.25, -0.2) is 0 Å². The van der Waals surface area contributed by atoms with Crippen molar-refractivity contribution in [3.05, 3.63) is 40.3 Å². The number of benzene rings is 1. The molecule has 4 heteroatoms. The Morgan fingerprint density at radius 2 is 1.91 bits per heavy atom. The summed E-state index contributed by atoms with van der Waals surface area (Å²) in [6, 6.07) is 8.21. The van der Waals surface area contributed by atoms with Crippen LogP contribution in [0, 0.1) is 6.92 Å². The molecule has 0 saturated heterocycles. The zero-order valence-electron chi connectivity index (χ0n) is 13.6. The Bertz CT molecular complexity index is 518. The molecule has 0 aliphatic heterocycles. The standard InChI is InChI=1S/C18H24O3S/c1-4-5-10-22-17(13-21-18(20)11-15(3)19)12-16-8-6-14(2)7-9-16/h6-9,12H,4-5,10-11,13H2,1-3H3/b17-12-. The van der Waals surface area contributed by atoms with E-state index in [1.165, 1.54) is 12.5 Å². The highest BCUT2D eigenvalue weighted by Crippen LogP contribution is 2.21. The fourth-order valence-corrected chi connectivity index (χ4v) is 2.78. The van der Waals surface area contributed by atoms with Gasteiger partial charge in [0.15, 0.2) is 0 Å². The van der Waals surface area contributed by atoms with Crippen LogP contribution >= 0.6 is 11.8 Å². The number of ketones is 1. The Labute approximate surface area is 137 Å². The topological polar surface area (TPSA) is 43.4 Å². The lowest BCUT2D eigenvalue weighted by Gasteiger charge is -2.09. The van der Waals surface area contributed by atoms with Crippen molar-refractivity contribution in [2.45, 2.75) is 40.0 Å². The summed E-state index contributed by atoms with van der Waals surface area (Å²) < 4.78 is 5.19. The Morgan fingerprint density at radius 3 is 2.50 bits per heavy atom. The van der Waals surface area contributed by atoms with Crippen molar-refractivity contribution in [3.63, 3.8) is 0 Å². The van der Waals surface area contributed by atoms with Crippen LogP contribution in [-0.4, -0.2) is 24.1 Å². The molecule has 0 atom stereocenters. The van der Waals surface area contributed by atoms with E-state index in [2.05, 4.69) is 19.1 Å². The average Bonchev–Trinajstić information content (AvgIpc) is 2.46. The summed E-state index contributed by atoms with van der Waals surface area (Å²) >= 11 is 1.70. The van der Waals surface area contributed by atoms with E-state index in [1.807, 2.05) is 25.1 Å². The molecule has 0 amide bonds. The van der Waals surface area contributed by atoms with Crippen LogP contribution < -0.4 is 0 Å². The van der Waals surface area contributed by atoms with Crippen LogP contribution in [0.2, 0.25) is 0 Å². The van der Waals surface area contributed by atoms with Crippen LogP contribution in [0.1, 0.15) is 44.2 Å². The molecular weight excluding hydrogens is 296 g/mol. The summed E-state index contributed by atoms with van der Waals surface area (Å²) in [6.45, 7) is 5.82. The molecule has 0 radical (unpaired) electrons. The summed E-state index contributed by atoms with van der Waals surface area (Å²) in [4.78, 5) is 23.4. The highest BCUT2D eigenvalue weighted by atomic mass is 32.2. The number of carbonyl (C=O) groups excluding carboxylic acids is 2. The summed E-state index contributed by atoms with van der Waals surface area (Å²) in [6.07, 6.45) is 4.14. The molecule has 0 saturated carbocycles. The van der Waals surface area contributed by atoms with Gasteiger partial charge in [-0.05, 0) is 37.7 Å².